The SMILES string of the molecule is CCCCCCCCCCCCCCC(=O)OC[C@H](COP(=O)(O)OC[C@H](O)COP(=O)(O)OC[C@@H](COC(=O)CCCCCCCCCCCCCCC(C)C)OC(=O)CCCCCCCCCCCCCCC(C)C)OC(=O)CCCCCCCCCCCCCC. The minimum Gasteiger partial charge on any atom is -0.462 e. The largest absolute Gasteiger partial charge is 0.472 e. The summed E-state index contributed by atoms with van der Waals surface area (Å²) in [5, 5.41) is 10.6. The molecule has 2 unspecified atom stereocenters. The molecule has 3 N–H and O–H groups in total. The molecule has 0 radical (unpaired) electrons. The van der Waals surface area contributed by atoms with E-state index >= 15 is 0 Å². The van der Waals surface area contributed by atoms with Gasteiger partial charge in [-0.15, -0.1) is 0 Å². The first-order valence-corrected chi connectivity index (χ1v) is 42.0. The van der Waals surface area contributed by atoms with Crippen molar-refractivity contribution >= 4 is 39.5 Å². The second-order valence-corrected chi connectivity index (χ2v) is 30.9. The Morgan fingerprint density at radius 1 is 0.287 bits per heavy atom. The molecule has 0 saturated carbocycles. The molecule has 0 aliphatic rings. The first-order chi connectivity index (χ1) is 45.4. The summed E-state index contributed by atoms with van der Waals surface area (Å²) in [7, 11) is -9.91. The van der Waals surface area contributed by atoms with Gasteiger partial charge in [0.1, 0.15) is 19.3 Å². The van der Waals surface area contributed by atoms with Gasteiger partial charge >= 0.3 is 39.5 Å². The molecule has 0 aromatic rings. The van der Waals surface area contributed by atoms with Crippen LogP contribution in [0.3, 0.4) is 0 Å². The molecule has 94 heavy (non-hydrogen) atoms. The van der Waals surface area contributed by atoms with Crippen LogP contribution in [-0.2, 0) is 65.4 Å². The number of carbonyl (C=O) groups is 4. The van der Waals surface area contributed by atoms with Gasteiger partial charge in [0, 0.05) is 25.7 Å². The molecule has 0 bridgehead atoms. The predicted molar refractivity (Wildman–Crippen MR) is 381 cm³/mol. The zero-order valence-electron chi connectivity index (χ0n) is 61.3. The number of phosphoric ester groups is 2. The Morgan fingerprint density at radius 2 is 0.489 bits per heavy atom. The highest BCUT2D eigenvalue weighted by Gasteiger charge is 2.30. The quantitative estimate of drug-likeness (QED) is 0.0222. The first-order valence-electron chi connectivity index (χ1n) is 39.0. The van der Waals surface area contributed by atoms with Crippen molar-refractivity contribution in [2.24, 2.45) is 11.8 Å². The van der Waals surface area contributed by atoms with Gasteiger partial charge in [0.25, 0.3) is 0 Å². The predicted octanol–water partition coefficient (Wildman–Crippen LogP) is 21.9. The van der Waals surface area contributed by atoms with E-state index in [1.54, 1.807) is 0 Å². The van der Waals surface area contributed by atoms with Crippen molar-refractivity contribution in [2.75, 3.05) is 39.6 Å². The van der Waals surface area contributed by atoms with Gasteiger partial charge in [0.15, 0.2) is 12.2 Å². The van der Waals surface area contributed by atoms with Crippen LogP contribution >= 0.6 is 15.6 Å². The monoisotopic (exact) mass is 1380 g/mol. The number of unbranched alkanes of at least 4 members (excludes halogenated alkanes) is 44. The Kier molecular flexibility index (Phi) is 65.5. The molecule has 0 aromatic heterocycles. The van der Waals surface area contributed by atoms with Crippen LogP contribution in [-0.4, -0.2) is 96.7 Å². The van der Waals surface area contributed by atoms with E-state index in [9.17, 15) is 43.2 Å². The Balaban J connectivity index is 5.26. The molecule has 0 aliphatic carbocycles. The lowest BCUT2D eigenvalue weighted by atomic mass is 10.0. The molecule has 558 valence electrons. The highest BCUT2D eigenvalue weighted by Crippen LogP contribution is 2.45. The van der Waals surface area contributed by atoms with E-state index in [2.05, 4.69) is 41.5 Å². The summed E-state index contributed by atoms with van der Waals surface area (Å²) >= 11 is 0. The van der Waals surface area contributed by atoms with Gasteiger partial charge in [-0.05, 0) is 37.5 Å². The lowest BCUT2D eigenvalue weighted by Crippen LogP contribution is -2.30. The van der Waals surface area contributed by atoms with Crippen molar-refractivity contribution in [1.29, 1.82) is 0 Å². The van der Waals surface area contributed by atoms with Gasteiger partial charge in [-0.3, -0.25) is 37.3 Å². The average molecular weight is 1380 g/mol. The normalized spacial score (nSPS) is 14.0. The number of rotatable bonds is 74. The van der Waals surface area contributed by atoms with Crippen molar-refractivity contribution in [1.82, 2.24) is 0 Å². The molecule has 0 fully saturated rings. The number of ether oxygens (including phenoxy) is 4. The van der Waals surface area contributed by atoms with Crippen LogP contribution in [0.15, 0.2) is 0 Å². The van der Waals surface area contributed by atoms with Gasteiger partial charge in [-0.25, -0.2) is 9.13 Å². The van der Waals surface area contributed by atoms with Gasteiger partial charge in [0.05, 0.1) is 26.4 Å². The smallest absolute Gasteiger partial charge is 0.462 e. The Morgan fingerprint density at radius 3 is 0.723 bits per heavy atom. The maximum atomic E-state index is 13.1. The summed E-state index contributed by atoms with van der Waals surface area (Å²) in [6.45, 7) is 9.62. The summed E-state index contributed by atoms with van der Waals surface area (Å²) in [5.41, 5.74) is 0. The highest BCUT2D eigenvalue weighted by atomic mass is 31.2. The van der Waals surface area contributed by atoms with Gasteiger partial charge < -0.3 is 33.8 Å². The molecule has 5 atom stereocenters. The second kappa shape index (κ2) is 66.9. The fourth-order valence-electron chi connectivity index (χ4n) is 11.5. The summed E-state index contributed by atoms with van der Waals surface area (Å²) in [4.78, 5) is 72.8. The molecule has 0 amide bonds. The van der Waals surface area contributed by atoms with E-state index < -0.39 is 97.5 Å². The molecule has 0 aliphatic heterocycles. The highest BCUT2D eigenvalue weighted by molar-refractivity contribution is 7.47. The standard InChI is InChI=1S/C75H146O17P2/c1-7-9-11-13-15-17-19-27-33-39-45-51-57-72(77)85-63-70(91-74(79)59-53-47-41-35-28-20-18-16-14-12-10-8-2)65-89-93(81,82)87-61-69(76)62-88-94(83,84)90-66-71(92-75(80)60-54-48-42-36-30-24-22-26-32-38-44-50-56-68(5)6)64-86-73(78)58-52-46-40-34-29-23-21-25-31-37-43-49-55-67(3)4/h67-71,76H,7-66H2,1-6H3,(H,81,82)(H,83,84)/t69-,70+,71+/m0/s1. The number of hydrogen-bond donors (Lipinski definition) is 3. The molecular formula is C75H146O17P2. The maximum absolute atomic E-state index is 13.1. The Bertz CT molecular complexity index is 1820. The third kappa shape index (κ3) is 68.6. The summed E-state index contributed by atoms with van der Waals surface area (Å²) in [5.74, 6) is -0.555. The third-order valence-corrected chi connectivity index (χ3v) is 19.4. The van der Waals surface area contributed by atoms with E-state index in [-0.39, 0.29) is 25.7 Å². The van der Waals surface area contributed by atoms with Crippen LogP contribution in [0.2, 0.25) is 0 Å². The summed E-state index contributed by atoms with van der Waals surface area (Å²) in [6.07, 6.45) is 53.9. The van der Waals surface area contributed by atoms with Crippen LogP contribution in [0.1, 0.15) is 388 Å². The number of hydrogen-bond acceptors (Lipinski definition) is 15. The van der Waals surface area contributed by atoms with E-state index in [1.807, 2.05) is 0 Å². The van der Waals surface area contributed by atoms with Crippen molar-refractivity contribution in [3.05, 3.63) is 0 Å². The molecule has 0 heterocycles. The maximum Gasteiger partial charge on any atom is 0.472 e. The number of aliphatic hydroxyl groups excluding tert-OH is 1. The van der Waals surface area contributed by atoms with Gasteiger partial charge in [-0.1, -0.05) is 337 Å². The van der Waals surface area contributed by atoms with Crippen molar-refractivity contribution in [3.8, 4) is 0 Å². The first kappa shape index (κ1) is 92.1. The molecule has 19 heteroatoms. The molecule has 0 spiro atoms. The number of aliphatic hydroxyl groups is 1. The van der Waals surface area contributed by atoms with Crippen LogP contribution in [0.25, 0.3) is 0 Å². The third-order valence-electron chi connectivity index (χ3n) is 17.5. The number of esters is 4. The van der Waals surface area contributed by atoms with E-state index in [1.165, 1.54) is 205 Å². The van der Waals surface area contributed by atoms with Crippen LogP contribution in [0, 0.1) is 11.8 Å². The van der Waals surface area contributed by atoms with Crippen molar-refractivity contribution in [3.63, 3.8) is 0 Å². The van der Waals surface area contributed by atoms with Gasteiger partial charge in [-0.2, -0.15) is 0 Å². The molecule has 0 saturated heterocycles. The van der Waals surface area contributed by atoms with Crippen LogP contribution in [0.5, 0.6) is 0 Å². The lowest BCUT2D eigenvalue weighted by Gasteiger charge is -2.21. The Labute approximate surface area is 575 Å². The fraction of sp³-hybridized carbons (Fsp3) is 0.947. The average Bonchev–Trinajstić information content (AvgIpc) is 2.23. The number of phosphoric acid groups is 2. The minimum absolute atomic E-state index is 0.107. The van der Waals surface area contributed by atoms with E-state index in [0.717, 1.165) is 102 Å². The Hall–Kier alpha value is -1.94. The molecule has 0 aromatic carbocycles. The second-order valence-electron chi connectivity index (χ2n) is 28.0. The van der Waals surface area contributed by atoms with Crippen molar-refractivity contribution in [2.45, 2.75) is 407 Å². The summed E-state index contributed by atoms with van der Waals surface area (Å²) < 4.78 is 68.5. The van der Waals surface area contributed by atoms with Crippen LogP contribution in [0.4, 0.5) is 0 Å². The van der Waals surface area contributed by atoms with Crippen molar-refractivity contribution < 1.29 is 80.2 Å². The lowest BCUT2D eigenvalue weighted by molar-refractivity contribution is -0.161. The van der Waals surface area contributed by atoms with E-state index in [4.69, 9.17) is 37.0 Å². The summed E-state index contributed by atoms with van der Waals surface area (Å²) in [6, 6.07) is 0. The molecule has 17 nitrogen and oxygen atoms in total. The zero-order chi connectivity index (χ0) is 69.3. The topological polar surface area (TPSA) is 237 Å². The zero-order valence-corrected chi connectivity index (χ0v) is 63.1. The van der Waals surface area contributed by atoms with Gasteiger partial charge in [0.2, 0.25) is 0 Å². The molecular weight excluding hydrogens is 1230 g/mol. The number of carbonyl (C=O) groups excluding carboxylic acids is 4. The fourth-order valence-corrected chi connectivity index (χ4v) is 13.1. The van der Waals surface area contributed by atoms with E-state index in [0.29, 0.717) is 25.7 Å². The molecule has 0 rings (SSSR count). The minimum atomic E-state index is -4.96. The van der Waals surface area contributed by atoms with Crippen LogP contribution < -0.4 is 0 Å².